The van der Waals surface area contributed by atoms with Crippen LogP contribution in [0.5, 0.6) is 0 Å². The monoisotopic (exact) mass is 214 g/mol. The lowest BCUT2D eigenvalue weighted by atomic mass is 10.2. The van der Waals surface area contributed by atoms with Gasteiger partial charge in [0.15, 0.2) is 0 Å². The zero-order valence-electron chi connectivity index (χ0n) is 9.87. The van der Waals surface area contributed by atoms with Crippen molar-refractivity contribution in [1.29, 1.82) is 0 Å². The van der Waals surface area contributed by atoms with Crippen LogP contribution in [0.2, 0.25) is 0 Å². The number of nitrogens with zero attached hydrogens (tertiary/aromatic N) is 2. The fraction of sp³-hybridized carbons (Fsp3) is 0.909. The van der Waals surface area contributed by atoms with Crippen LogP contribution in [0.1, 0.15) is 19.8 Å². The van der Waals surface area contributed by atoms with E-state index in [0.29, 0.717) is 6.42 Å². The minimum Gasteiger partial charge on any atom is -0.469 e. The molecule has 4 nitrogen and oxygen atoms in total. The van der Waals surface area contributed by atoms with Crippen molar-refractivity contribution in [3.05, 3.63) is 0 Å². The molecule has 0 spiro atoms. The van der Waals surface area contributed by atoms with E-state index in [-0.39, 0.29) is 5.97 Å². The zero-order valence-corrected chi connectivity index (χ0v) is 9.87. The summed E-state index contributed by atoms with van der Waals surface area (Å²) in [6.07, 6.45) is 1.74. The van der Waals surface area contributed by atoms with Crippen LogP contribution in [-0.4, -0.2) is 62.1 Å². The molecule has 1 aliphatic rings. The number of rotatable bonds is 5. The van der Waals surface area contributed by atoms with Gasteiger partial charge in [0.25, 0.3) is 0 Å². The van der Waals surface area contributed by atoms with Gasteiger partial charge in [0, 0.05) is 32.7 Å². The molecule has 0 atom stereocenters. The molecule has 1 rings (SSSR count). The number of methoxy groups -OCH3 is 1. The van der Waals surface area contributed by atoms with Gasteiger partial charge in [0.05, 0.1) is 13.5 Å². The first-order valence-electron chi connectivity index (χ1n) is 5.77. The van der Waals surface area contributed by atoms with Crippen LogP contribution in [0.3, 0.4) is 0 Å². The van der Waals surface area contributed by atoms with Crippen molar-refractivity contribution in [2.45, 2.75) is 19.8 Å². The molecule has 0 aromatic heterocycles. The van der Waals surface area contributed by atoms with Gasteiger partial charge in [-0.25, -0.2) is 0 Å². The molecule has 0 amide bonds. The van der Waals surface area contributed by atoms with Crippen LogP contribution < -0.4 is 0 Å². The van der Waals surface area contributed by atoms with Crippen molar-refractivity contribution in [1.82, 2.24) is 9.80 Å². The molecule has 0 aromatic carbocycles. The topological polar surface area (TPSA) is 32.8 Å². The van der Waals surface area contributed by atoms with E-state index < -0.39 is 0 Å². The number of ether oxygens (including phenoxy) is 1. The van der Waals surface area contributed by atoms with E-state index in [1.807, 2.05) is 0 Å². The van der Waals surface area contributed by atoms with Gasteiger partial charge < -0.3 is 14.5 Å². The zero-order chi connectivity index (χ0) is 11.1. The summed E-state index contributed by atoms with van der Waals surface area (Å²) in [7, 11) is 1.45. The Bertz CT molecular complexity index is 189. The molecule has 0 bridgehead atoms. The van der Waals surface area contributed by atoms with Crippen molar-refractivity contribution >= 4 is 5.97 Å². The summed E-state index contributed by atoms with van der Waals surface area (Å²) >= 11 is 0. The molecule has 0 N–H and O–H groups in total. The maximum atomic E-state index is 11.0. The van der Waals surface area contributed by atoms with Gasteiger partial charge in [0.1, 0.15) is 0 Å². The predicted octanol–water partition coefficient (Wildman–Crippen LogP) is 0.577. The Hall–Kier alpha value is -0.610. The lowest BCUT2D eigenvalue weighted by molar-refractivity contribution is -0.141. The third kappa shape index (κ3) is 4.62. The first-order valence-corrected chi connectivity index (χ1v) is 5.77. The maximum absolute atomic E-state index is 11.0. The van der Waals surface area contributed by atoms with Crippen LogP contribution in [0.25, 0.3) is 0 Å². The number of hydrogen-bond acceptors (Lipinski definition) is 4. The molecule has 88 valence electrons. The largest absolute Gasteiger partial charge is 0.469 e. The first kappa shape index (κ1) is 12.5. The summed E-state index contributed by atoms with van der Waals surface area (Å²) < 4.78 is 4.62. The normalized spacial score (nSPS) is 19.1. The van der Waals surface area contributed by atoms with Crippen LogP contribution in [0, 0.1) is 0 Å². The molecular weight excluding hydrogens is 192 g/mol. The van der Waals surface area contributed by atoms with E-state index in [9.17, 15) is 4.79 Å². The first-order chi connectivity index (χ1) is 7.26. The molecule has 15 heavy (non-hydrogen) atoms. The molecule has 0 aliphatic carbocycles. The minimum absolute atomic E-state index is 0.106. The van der Waals surface area contributed by atoms with Gasteiger partial charge in [-0.05, 0) is 13.0 Å². The number of carbonyl (C=O) groups excluding carboxylic acids is 1. The Morgan fingerprint density at radius 3 is 2.13 bits per heavy atom. The van der Waals surface area contributed by atoms with Gasteiger partial charge in [-0.3, -0.25) is 4.79 Å². The lowest BCUT2D eigenvalue weighted by Gasteiger charge is -2.34. The summed E-state index contributed by atoms with van der Waals surface area (Å²) in [6.45, 7) is 8.68. The Labute approximate surface area is 92.2 Å². The molecular formula is C11H22N2O2. The minimum atomic E-state index is -0.106. The average Bonchev–Trinajstić information content (AvgIpc) is 2.28. The third-order valence-electron chi connectivity index (χ3n) is 2.86. The van der Waals surface area contributed by atoms with E-state index >= 15 is 0 Å². The van der Waals surface area contributed by atoms with E-state index in [1.54, 1.807) is 0 Å². The second-order valence-corrected chi connectivity index (χ2v) is 4.01. The van der Waals surface area contributed by atoms with Crippen molar-refractivity contribution in [3.8, 4) is 0 Å². The highest BCUT2D eigenvalue weighted by atomic mass is 16.5. The molecule has 0 aromatic rings. The lowest BCUT2D eigenvalue weighted by Crippen LogP contribution is -2.46. The second kappa shape index (κ2) is 6.80. The van der Waals surface area contributed by atoms with Crippen molar-refractivity contribution < 1.29 is 9.53 Å². The highest BCUT2D eigenvalue weighted by molar-refractivity contribution is 5.69. The van der Waals surface area contributed by atoms with E-state index in [4.69, 9.17) is 0 Å². The summed E-state index contributed by atoms with van der Waals surface area (Å²) in [5, 5.41) is 0. The van der Waals surface area contributed by atoms with Gasteiger partial charge in [-0.1, -0.05) is 6.92 Å². The van der Waals surface area contributed by atoms with Crippen molar-refractivity contribution in [3.63, 3.8) is 0 Å². The summed E-state index contributed by atoms with van der Waals surface area (Å²) in [5.41, 5.74) is 0. The van der Waals surface area contributed by atoms with Crippen LogP contribution >= 0.6 is 0 Å². The smallest absolute Gasteiger partial charge is 0.306 e. The van der Waals surface area contributed by atoms with E-state index in [2.05, 4.69) is 21.5 Å². The highest BCUT2D eigenvalue weighted by Gasteiger charge is 2.16. The van der Waals surface area contributed by atoms with E-state index in [0.717, 1.165) is 32.7 Å². The number of carbonyl (C=O) groups is 1. The molecule has 0 saturated carbocycles. The fourth-order valence-corrected chi connectivity index (χ4v) is 1.90. The molecule has 1 aliphatic heterocycles. The Balaban J connectivity index is 2.12. The van der Waals surface area contributed by atoms with Crippen LogP contribution in [-0.2, 0) is 9.53 Å². The molecule has 1 heterocycles. The molecule has 1 saturated heterocycles. The van der Waals surface area contributed by atoms with Gasteiger partial charge >= 0.3 is 5.97 Å². The molecule has 4 heteroatoms. The van der Waals surface area contributed by atoms with E-state index in [1.165, 1.54) is 20.1 Å². The summed E-state index contributed by atoms with van der Waals surface area (Å²) in [6, 6.07) is 0. The van der Waals surface area contributed by atoms with Crippen LogP contribution in [0.4, 0.5) is 0 Å². The summed E-state index contributed by atoms with van der Waals surface area (Å²) in [5.74, 6) is -0.106. The highest BCUT2D eigenvalue weighted by Crippen LogP contribution is 2.03. The van der Waals surface area contributed by atoms with Gasteiger partial charge in [-0.15, -0.1) is 0 Å². The fourth-order valence-electron chi connectivity index (χ4n) is 1.90. The molecule has 0 unspecified atom stereocenters. The van der Waals surface area contributed by atoms with Gasteiger partial charge in [0.2, 0.25) is 0 Å². The second-order valence-electron chi connectivity index (χ2n) is 4.01. The number of piperazine rings is 1. The number of esters is 1. The maximum Gasteiger partial charge on any atom is 0.306 e. The predicted molar refractivity (Wildman–Crippen MR) is 59.8 cm³/mol. The number of hydrogen-bond donors (Lipinski definition) is 0. The SMILES string of the molecule is CCCN1CCN(CCC(=O)OC)CC1. The third-order valence-corrected chi connectivity index (χ3v) is 2.86. The van der Waals surface area contributed by atoms with Crippen molar-refractivity contribution in [2.24, 2.45) is 0 Å². The summed E-state index contributed by atoms with van der Waals surface area (Å²) in [4.78, 5) is 15.8. The Kier molecular flexibility index (Phi) is 5.65. The van der Waals surface area contributed by atoms with Crippen LogP contribution in [0.15, 0.2) is 0 Å². The quantitative estimate of drug-likeness (QED) is 0.627. The van der Waals surface area contributed by atoms with Crippen molar-refractivity contribution in [2.75, 3.05) is 46.4 Å². The average molecular weight is 214 g/mol. The Morgan fingerprint density at radius 1 is 1.13 bits per heavy atom. The standard InChI is InChI=1S/C11H22N2O2/c1-3-5-12-7-9-13(10-8-12)6-4-11(14)15-2/h3-10H2,1-2H3. The molecule has 0 radical (unpaired) electrons. The van der Waals surface area contributed by atoms with Gasteiger partial charge in [-0.2, -0.15) is 0 Å². The Morgan fingerprint density at radius 2 is 1.67 bits per heavy atom. The molecule has 1 fully saturated rings.